The zero-order chi connectivity index (χ0) is 21.0. The van der Waals surface area contributed by atoms with Gasteiger partial charge in [0.05, 0.1) is 6.10 Å². The highest BCUT2D eigenvalue weighted by atomic mass is 16.3. The lowest BCUT2D eigenvalue weighted by Gasteiger charge is -2.57. The lowest BCUT2D eigenvalue weighted by molar-refractivity contribution is -0.0425. The van der Waals surface area contributed by atoms with Crippen molar-refractivity contribution in [2.24, 2.45) is 46.3 Å². The third-order valence-corrected chi connectivity index (χ3v) is 10.6. The first kappa shape index (κ1) is 21.9. The number of allylic oxidation sites excluding steroid dienone is 2. The Morgan fingerprint density at radius 1 is 1.00 bits per heavy atom. The van der Waals surface area contributed by atoms with Crippen LogP contribution in [0.2, 0.25) is 0 Å². The van der Waals surface area contributed by atoms with Crippen molar-refractivity contribution in [1.29, 1.82) is 0 Å². The summed E-state index contributed by atoms with van der Waals surface area (Å²) in [5.41, 5.74) is 2.80. The van der Waals surface area contributed by atoms with Crippen molar-refractivity contribution < 1.29 is 5.11 Å². The summed E-state index contributed by atoms with van der Waals surface area (Å²) in [6.07, 6.45) is 12.8. The molecule has 0 bridgehead atoms. The molecule has 0 radical (unpaired) electrons. The van der Waals surface area contributed by atoms with E-state index in [4.69, 9.17) is 0 Å². The molecule has 4 rings (SSSR count). The zero-order valence-electron chi connectivity index (χ0n) is 20.0. The lowest BCUT2D eigenvalue weighted by Crippen LogP contribution is -2.50. The molecule has 3 fully saturated rings. The van der Waals surface area contributed by atoms with E-state index in [1.165, 1.54) is 45.1 Å². The van der Waals surface area contributed by atoms with E-state index in [-0.39, 0.29) is 6.10 Å². The van der Waals surface area contributed by atoms with Gasteiger partial charge in [-0.1, -0.05) is 46.3 Å². The average molecular weight is 402 g/mol. The Bertz CT molecular complexity index is 626. The molecule has 4 aliphatic carbocycles. The molecule has 0 spiro atoms. The van der Waals surface area contributed by atoms with Crippen LogP contribution < -0.4 is 5.32 Å². The summed E-state index contributed by atoms with van der Waals surface area (Å²) < 4.78 is 0. The Labute approximate surface area is 180 Å². The first-order valence-electron chi connectivity index (χ1n) is 12.8. The highest BCUT2D eigenvalue weighted by molar-refractivity contribution is 5.27. The zero-order valence-corrected chi connectivity index (χ0v) is 20.0. The van der Waals surface area contributed by atoms with Crippen LogP contribution in [0.15, 0.2) is 11.6 Å². The molecule has 4 aliphatic rings. The first-order valence-corrected chi connectivity index (χ1v) is 12.8. The molecule has 0 aromatic heterocycles. The predicted molar refractivity (Wildman–Crippen MR) is 123 cm³/mol. The second kappa shape index (κ2) is 7.97. The van der Waals surface area contributed by atoms with Crippen LogP contribution in [0.4, 0.5) is 0 Å². The first-order chi connectivity index (χ1) is 13.7. The summed E-state index contributed by atoms with van der Waals surface area (Å²) in [5, 5.41) is 14.1. The van der Waals surface area contributed by atoms with E-state index in [0.717, 1.165) is 36.5 Å². The molecular formula is C27H47NO. The third-order valence-electron chi connectivity index (χ3n) is 10.6. The van der Waals surface area contributed by atoms with Crippen LogP contribution in [-0.2, 0) is 0 Å². The van der Waals surface area contributed by atoms with Crippen molar-refractivity contribution in [3.05, 3.63) is 11.6 Å². The van der Waals surface area contributed by atoms with Gasteiger partial charge in [-0.25, -0.2) is 0 Å². The molecule has 2 heteroatoms. The molecule has 1 unspecified atom stereocenters. The Kier molecular flexibility index (Phi) is 6.01. The minimum atomic E-state index is -0.0469. The minimum Gasteiger partial charge on any atom is -0.393 e. The van der Waals surface area contributed by atoms with Crippen LogP contribution in [0.5, 0.6) is 0 Å². The van der Waals surface area contributed by atoms with Crippen molar-refractivity contribution in [3.63, 3.8) is 0 Å². The fourth-order valence-corrected chi connectivity index (χ4v) is 8.22. The summed E-state index contributed by atoms with van der Waals surface area (Å²) >= 11 is 0. The van der Waals surface area contributed by atoms with Crippen molar-refractivity contribution in [2.75, 3.05) is 6.54 Å². The van der Waals surface area contributed by atoms with Crippen molar-refractivity contribution >= 4 is 0 Å². The summed E-state index contributed by atoms with van der Waals surface area (Å²) in [7, 11) is 0. The molecule has 9 atom stereocenters. The smallest absolute Gasteiger partial charge is 0.0543 e. The van der Waals surface area contributed by atoms with Gasteiger partial charge in [-0.2, -0.15) is 0 Å². The quantitative estimate of drug-likeness (QED) is 0.538. The molecule has 0 aromatic rings. The number of nitrogens with one attached hydrogen (secondary N) is 1. The second-order valence-electron chi connectivity index (χ2n) is 12.3. The van der Waals surface area contributed by atoms with E-state index >= 15 is 0 Å². The minimum absolute atomic E-state index is 0.0469. The molecule has 0 aliphatic heterocycles. The van der Waals surface area contributed by atoms with Crippen LogP contribution in [0, 0.1) is 46.3 Å². The SMILES string of the molecule is CC(C)C(C)NC[C@@H](C)[C@H]1CC[C@H]2C3=CC[C@H]4C[C@@H](O)CC[C@]4(C)[C@H]3CC[C@]12C. The number of aliphatic hydroxyl groups is 1. The summed E-state index contributed by atoms with van der Waals surface area (Å²) in [6, 6.07) is 0.609. The highest BCUT2D eigenvalue weighted by Crippen LogP contribution is 2.66. The maximum atomic E-state index is 10.2. The molecule has 0 saturated heterocycles. The number of rotatable bonds is 5. The fraction of sp³-hybridized carbons (Fsp3) is 0.926. The topological polar surface area (TPSA) is 32.3 Å². The van der Waals surface area contributed by atoms with Crippen LogP contribution >= 0.6 is 0 Å². The van der Waals surface area contributed by atoms with Crippen LogP contribution in [0.3, 0.4) is 0 Å². The number of fused-ring (bicyclic) bond motifs is 5. The molecule has 3 saturated carbocycles. The Morgan fingerprint density at radius 3 is 2.41 bits per heavy atom. The van der Waals surface area contributed by atoms with E-state index < -0.39 is 0 Å². The fourth-order valence-electron chi connectivity index (χ4n) is 8.22. The van der Waals surface area contributed by atoms with Crippen molar-refractivity contribution in [2.45, 2.75) is 105 Å². The highest BCUT2D eigenvalue weighted by Gasteiger charge is 2.58. The standard InChI is InChI=1S/C27H47NO/c1-17(2)19(4)28-16-18(3)23-9-10-24-22-8-7-20-15-21(29)11-13-26(20,5)25(22)12-14-27(23,24)6/h8,17-21,23-25,28-29H,7,9-16H2,1-6H3/t18-,19?,20+,21+,23-,24+,25+,26+,27-/m1/s1. The van der Waals surface area contributed by atoms with Gasteiger partial charge < -0.3 is 10.4 Å². The molecule has 2 N–H and O–H groups in total. The third kappa shape index (κ3) is 3.65. The van der Waals surface area contributed by atoms with Crippen molar-refractivity contribution in [3.8, 4) is 0 Å². The van der Waals surface area contributed by atoms with Gasteiger partial charge in [0.2, 0.25) is 0 Å². The van der Waals surface area contributed by atoms with E-state index in [1.54, 1.807) is 0 Å². The monoisotopic (exact) mass is 401 g/mol. The van der Waals surface area contributed by atoms with Crippen molar-refractivity contribution in [1.82, 2.24) is 5.32 Å². The number of hydrogen-bond acceptors (Lipinski definition) is 2. The van der Waals surface area contributed by atoms with Gasteiger partial charge in [-0.15, -0.1) is 0 Å². The molecule has 2 nitrogen and oxygen atoms in total. The second-order valence-corrected chi connectivity index (χ2v) is 12.3. The lowest BCUT2D eigenvalue weighted by atomic mass is 9.47. The molecular weight excluding hydrogens is 354 g/mol. The molecule has 0 aromatic carbocycles. The summed E-state index contributed by atoms with van der Waals surface area (Å²) in [5.74, 6) is 4.66. The number of hydrogen-bond donors (Lipinski definition) is 2. The molecule has 166 valence electrons. The van der Waals surface area contributed by atoms with Gasteiger partial charge in [-0.05, 0) is 111 Å². The Morgan fingerprint density at radius 2 is 1.69 bits per heavy atom. The summed E-state index contributed by atoms with van der Waals surface area (Å²) in [6.45, 7) is 15.9. The van der Waals surface area contributed by atoms with Gasteiger partial charge >= 0.3 is 0 Å². The van der Waals surface area contributed by atoms with E-state index in [0.29, 0.717) is 28.7 Å². The summed E-state index contributed by atoms with van der Waals surface area (Å²) in [4.78, 5) is 0. The van der Waals surface area contributed by atoms with Gasteiger partial charge in [-0.3, -0.25) is 0 Å². The normalized spacial score (nSPS) is 46.5. The van der Waals surface area contributed by atoms with E-state index in [1.807, 2.05) is 5.57 Å². The average Bonchev–Trinajstić information content (AvgIpc) is 3.03. The Balaban J connectivity index is 1.50. The molecule has 0 heterocycles. The van der Waals surface area contributed by atoms with Gasteiger partial charge in [0.15, 0.2) is 0 Å². The van der Waals surface area contributed by atoms with E-state index in [2.05, 4.69) is 52.9 Å². The molecule has 29 heavy (non-hydrogen) atoms. The van der Waals surface area contributed by atoms with Crippen LogP contribution in [0.25, 0.3) is 0 Å². The Hall–Kier alpha value is -0.340. The van der Waals surface area contributed by atoms with Crippen LogP contribution in [-0.4, -0.2) is 23.8 Å². The maximum absolute atomic E-state index is 10.2. The van der Waals surface area contributed by atoms with Gasteiger partial charge in [0.1, 0.15) is 0 Å². The molecule has 0 amide bonds. The largest absolute Gasteiger partial charge is 0.393 e. The maximum Gasteiger partial charge on any atom is 0.0543 e. The number of aliphatic hydroxyl groups excluding tert-OH is 1. The van der Waals surface area contributed by atoms with Crippen LogP contribution in [0.1, 0.15) is 92.9 Å². The van der Waals surface area contributed by atoms with Gasteiger partial charge in [0.25, 0.3) is 0 Å². The van der Waals surface area contributed by atoms with E-state index in [9.17, 15) is 5.11 Å². The predicted octanol–water partition coefficient (Wildman–Crippen LogP) is 6.20. The van der Waals surface area contributed by atoms with Gasteiger partial charge in [0, 0.05) is 6.04 Å².